The zero-order valence-corrected chi connectivity index (χ0v) is 11.0. The van der Waals surface area contributed by atoms with Gasteiger partial charge < -0.3 is 9.88 Å². The first-order chi connectivity index (χ1) is 8.65. The summed E-state index contributed by atoms with van der Waals surface area (Å²) >= 11 is 0. The van der Waals surface area contributed by atoms with E-state index in [1.165, 1.54) is 0 Å². The summed E-state index contributed by atoms with van der Waals surface area (Å²) in [7, 11) is 1.99. The van der Waals surface area contributed by atoms with E-state index in [1.54, 1.807) is 0 Å². The van der Waals surface area contributed by atoms with Gasteiger partial charge in [0.15, 0.2) is 0 Å². The number of nitrogens with zero attached hydrogens (tertiary/aromatic N) is 1. The predicted octanol–water partition coefficient (Wildman–Crippen LogP) is 2.75. The fourth-order valence-corrected chi connectivity index (χ4v) is 2.07. The molecule has 0 saturated carbocycles. The maximum atomic E-state index is 11.9. The third-order valence-corrected chi connectivity index (χ3v) is 3.19. The van der Waals surface area contributed by atoms with Crippen molar-refractivity contribution >= 4 is 5.91 Å². The van der Waals surface area contributed by atoms with Crippen LogP contribution in [0.15, 0.2) is 36.4 Å². The molecule has 0 aliphatic rings. The standard InChI is InChI=1S/C15H18N2O/c1-4-16-15(18)13-10-14(17(3)11(13)2)12-8-6-5-7-9-12/h5-10H,4H2,1-3H3,(H,16,18). The Bertz CT molecular complexity index is 555. The topological polar surface area (TPSA) is 34.0 Å². The van der Waals surface area contributed by atoms with E-state index in [-0.39, 0.29) is 5.91 Å². The molecule has 0 fully saturated rings. The van der Waals surface area contributed by atoms with Crippen molar-refractivity contribution in [1.29, 1.82) is 0 Å². The lowest BCUT2D eigenvalue weighted by molar-refractivity contribution is 0.0955. The first-order valence-corrected chi connectivity index (χ1v) is 6.15. The van der Waals surface area contributed by atoms with Gasteiger partial charge in [0.2, 0.25) is 0 Å². The van der Waals surface area contributed by atoms with Crippen molar-refractivity contribution < 1.29 is 4.79 Å². The van der Waals surface area contributed by atoms with Crippen LogP contribution < -0.4 is 5.32 Å². The molecule has 1 N–H and O–H groups in total. The van der Waals surface area contributed by atoms with Crippen molar-refractivity contribution in [3.63, 3.8) is 0 Å². The molecule has 1 aromatic heterocycles. The third-order valence-electron chi connectivity index (χ3n) is 3.19. The minimum absolute atomic E-state index is 0.00668. The second-order valence-electron chi connectivity index (χ2n) is 4.31. The van der Waals surface area contributed by atoms with Crippen LogP contribution in [0.4, 0.5) is 0 Å². The highest BCUT2D eigenvalue weighted by Gasteiger charge is 2.15. The number of rotatable bonds is 3. The maximum Gasteiger partial charge on any atom is 0.253 e. The van der Waals surface area contributed by atoms with Crippen molar-refractivity contribution in [3.05, 3.63) is 47.7 Å². The first-order valence-electron chi connectivity index (χ1n) is 6.15. The van der Waals surface area contributed by atoms with Gasteiger partial charge in [0.05, 0.1) is 5.56 Å². The summed E-state index contributed by atoms with van der Waals surface area (Å²) < 4.78 is 2.06. The summed E-state index contributed by atoms with van der Waals surface area (Å²) in [5, 5.41) is 2.84. The van der Waals surface area contributed by atoms with E-state index >= 15 is 0 Å². The number of nitrogens with one attached hydrogen (secondary N) is 1. The minimum atomic E-state index is -0.00668. The Morgan fingerprint density at radius 3 is 2.56 bits per heavy atom. The Morgan fingerprint density at radius 2 is 1.94 bits per heavy atom. The molecule has 0 atom stereocenters. The van der Waals surface area contributed by atoms with Gasteiger partial charge in [-0.3, -0.25) is 4.79 Å². The largest absolute Gasteiger partial charge is 0.352 e. The average Bonchev–Trinajstić information content (AvgIpc) is 2.68. The summed E-state index contributed by atoms with van der Waals surface area (Å²) in [6.45, 7) is 4.54. The average molecular weight is 242 g/mol. The van der Waals surface area contributed by atoms with Crippen LogP contribution in [0.2, 0.25) is 0 Å². The summed E-state index contributed by atoms with van der Waals surface area (Å²) in [6, 6.07) is 12.1. The van der Waals surface area contributed by atoms with E-state index in [2.05, 4.69) is 22.0 Å². The normalized spacial score (nSPS) is 10.4. The molecule has 2 aromatic rings. The molecular formula is C15H18N2O. The molecule has 3 heteroatoms. The maximum absolute atomic E-state index is 11.9. The van der Waals surface area contributed by atoms with E-state index in [4.69, 9.17) is 0 Å². The van der Waals surface area contributed by atoms with Gasteiger partial charge in [-0.05, 0) is 25.5 Å². The lowest BCUT2D eigenvalue weighted by Crippen LogP contribution is -2.23. The van der Waals surface area contributed by atoms with Gasteiger partial charge in [-0.25, -0.2) is 0 Å². The first kappa shape index (κ1) is 12.4. The van der Waals surface area contributed by atoms with E-state index in [9.17, 15) is 4.79 Å². The molecule has 18 heavy (non-hydrogen) atoms. The van der Waals surface area contributed by atoms with Crippen LogP contribution in [0.5, 0.6) is 0 Å². The molecular weight excluding hydrogens is 224 g/mol. The van der Waals surface area contributed by atoms with Crippen LogP contribution in [-0.4, -0.2) is 17.0 Å². The van der Waals surface area contributed by atoms with Gasteiger partial charge in [-0.2, -0.15) is 0 Å². The summed E-state index contributed by atoms with van der Waals surface area (Å²) in [6.07, 6.45) is 0. The van der Waals surface area contributed by atoms with Gasteiger partial charge in [-0.1, -0.05) is 30.3 Å². The van der Waals surface area contributed by atoms with E-state index in [0.717, 1.165) is 22.5 Å². The Morgan fingerprint density at radius 1 is 1.28 bits per heavy atom. The Balaban J connectivity index is 2.46. The van der Waals surface area contributed by atoms with Crippen molar-refractivity contribution in [2.24, 2.45) is 7.05 Å². The van der Waals surface area contributed by atoms with Gasteiger partial charge in [0.25, 0.3) is 5.91 Å². The quantitative estimate of drug-likeness (QED) is 0.882. The highest BCUT2D eigenvalue weighted by atomic mass is 16.1. The van der Waals surface area contributed by atoms with Crippen LogP contribution in [0.1, 0.15) is 23.0 Å². The monoisotopic (exact) mass is 242 g/mol. The zero-order chi connectivity index (χ0) is 13.1. The van der Waals surface area contributed by atoms with Crippen LogP contribution in [-0.2, 0) is 7.05 Å². The van der Waals surface area contributed by atoms with E-state index in [1.807, 2.05) is 45.2 Å². The van der Waals surface area contributed by atoms with Crippen LogP contribution in [0.25, 0.3) is 11.3 Å². The molecule has 0 bridgehead atoms. The summed E-state index contributed by atoms with van der Waals surface area (Å²) in [4.78, 5) is 11.9. The highest BCUT2D eigenvalue weighted by molar-refractivity contribution is 5.96. The van der Waals surface area contributed by atoms with Crippen molar-refractivity contribution in [2.45, 2.75) is 13.8 Å². The molecule has 0 aliphatic heterocycles. The van der Waals surface area contributed by atoms with Crippen molar-refractivity contribution in [3.8, 4) is 11.3 Å². The molecule has 0 radical (unpaired) electrons. The minimum Gasteiger partial charge on any atom is -0.352 e. The van der Waals surface area contributed by atoms with Crippen molar-refractivity contribution in [2.75, 3.05) is 6.54 Å². The smallest absolute Gasteiger partial charge is 0.253 e. The molecule has 0 aliphatic carbocycles. The van der Waals surface area contributed by atoms with E-state index < -0.39 is 0 Å². The Hall–Kier alpha value is -2.03. The second kappa shape index (κ2) is 5.08. The van der Waals surface area contributed by atoms with E-state index in [0.29, 0.717) is 6.54 Å². The van der Waals surface area contributed by atoms with Gasteiger partial charge >= 0.3 is 0 Å². The molecule has 1 heterocycles. The van der Waals surface area contributed by atoms with Crippen LogP contribution in [0, 0.1) is 6.92 Å². The molecule has 0 spiro atoms. The number of hydrogen-bond acceptors (Lipinski definition) is 1. The number of hydrogen-bond donors (Lipinski definition) is 1. The fourth-order valence-electron chi connectivity index (χ4n) is 2.07. The summed E-state index contributed by atoms with van der Waals surface area (Å²) in [5.74, 6) is -0.00668. The molecule has 2 rings (SSSR count). The second-order valence-corrected chi connectivity index (χ2v) is 4.31. The SMILES string of the molecule is CCNC(=O)c1cc(-c2ccccc2)n(C)c1C. The molecule has 3 nitrogen and oxygen atoms in total. The predicted molar refractivity (Wildman–Crippen MR) is 73.6 cm³/mol. The van der Waals surface area contributed by atoms with Gasteiger partial charge in [0, 0.05) is 25.0 Å². The Labute approximate surface area is 107 Å². The molecule has 94 valence electrons. The molecule has 0 saturated heterocycles. The van der Waals surface area contributed by atoms with Crippen LogP contribution in [0.3, 0.4) is 0 Å². The Kier molecular flexibility index (Phi) is 3.51. The lowest BCUT2D eigenvalue weighted by atomic mass is 10.1. The number of carbonyl (C=O) groups is 1. The van der Waals surface area contributed by atoms with Gasteiger partial charge in [0.1, 0.15) is 0 Å². The molecule has 1 aromatic carbocycles. The van der Waals surface area contributed by atoms with Crippen LogP contribution >= 0.6 is 0 Å². The fraction of sp³-hybridized carbons (Fsp3) is 0.267. The molecule has 0 unspecified atom stereocenters. The molecule has 1 amide bonds. The number of carbonyl (C=O) groups excluding carboxylic acids is 1. The number of benzene rings is 1. The zero-order valence-electron chi connectivity index (χ0n) is 11.0. The third kappa shape index (κ3) is 2.16. The highest BCUT2D eigenvalue weighted by Crippen LogP contribution is 2.24. The number of amides is 1. The number of aromatic nitrogens is 1. The lowest BCUT2D eigenvalue weighted by Gasteiger charge is -2.05. The van der Waals surface area contributed by atoms with Crippen molar-refractivity contribution in [1.82, 2.24) is 9.88 Å². The summed E-state index contributed by atoms with van der Waals surface area (Å²) in [5.41, 5.74) is 3.92. The van der Waals surface area contributed by atoms with Gasteiger partial charge in [-0.15, -0.1) is 0 Å².